The zero-order valence-electron chi connectivity index (χ0n) is 7.19. The first-order chi connectivity index (χ1) is 5.88. The van der Waals surface area contributed by atoms with Gasteiger partial charge in [-0.25, -0.2) is 0 Å². The number of hydrogen-bond acceptors (Lipinski definition) is 3. The molecule has 0 heterocycles. The highest BCUT2D eigenvalue weighted by Crippen LogP contribution is 2.28. The van der Waals surface area contributed by atoms with E-state index in [2.05, 4.69) is 4.74 Å². The van der Waals surface area contributed by atoms with Crippen LogP contribution < -0.4 is 0 Å². The lowest BCUT2D eigenvalue weighted by Crippen LogP contribution is -2.26. The molecule has 0 aromatic carbocycles. The van der Waals surface area contributed by atoms with E-state index in [1.54, 1.807) is 0 Å². The van der Waals surface area contributed by atoms with Gasteiger partial charge in [0.1, 0.15) is 0 Å². The van der Waals surface area contributed by atoms with Crippen molar-refractivity contribution in [3.8, 4) is 0 Å². The minimum absolute atomic E-state index is 0.430. The molecule has 0 rings (SSSR count). The van der Waals surface area contributed by atoms with Crippen molar-refractivity contribution in [1.82, 2.24) is 0 Å². The van der Waals surface area contributed by atoms with Gasteiger partial charge in [-0.2, -0.15) is 0 Å². The summed E-state index contributed by atoms with van der Waals surface area (Å²) in [5.74, 6) is -0.555. The molecule has 1 unspecified atom stereocenters. The highest BCUT2D eigenvalue weighted by atomic mass is 35.6. The molecule has 0 fully saturated rings. The van der Waals surface area contributed by atoms with Gasteiger partial charge in [0.2, 0.25) is 5.90 Å². The van der Waals surface area contributed by atoms with Crippen LogP contribution >= 0.6 is 34.8 Å². The molecule has 0 saturated carbocycles. The van der Waals surface area contributed by atoms with Gasteiger partial charge in [-0.05, 0) is 6.42 Å². The van der Waals surface area contributed by atoms with E-state index >= 15 is 0 Å². The molecule has 0 radical (unpaired) electrons. The van der Waals surface area contributed by atoms with Crippen molar-refractivity contribution in [2.45, 2.75) is 36.3 Å². The number of aliphatic hydroxyl groups is 1. The standard InChI is InChI=1S/C7H12Cl3NO2/c1-2-3-4-5(12)13-6(11)7(8,9)10/h5,11-12H,2-4H2,1H3. The molecule has 0 aliphatic rings. The van der Waals surface area contributed by atoms with Crippen molar-refractivity contribution >= 4 is 40.7 Å². The SMILES string of the molecule is CCCCC(O)OC(=N)C(Cl)(Cl)Cl. The zero-order valence-corrected chi connectivity index (χ0v) is 9.46. The van der Waals surface area contributed by atoms with E-state index in [1.807, 2.05) is 6.92 Å². The zero-order chi connectivity index (χ0) is 10.5. The second kappa shape index (κ2) is 5.91. The number of nitrogens with one attached hydrogen (secondary N) is 1. The van der Waals surface area contributed by atoms with Gasteiger partial charge >= 0.3 is 0 Å². The highest BCUT2D eigenvalue weighted by Gasteiger charge is 2.30. The minimum Gasteiger partial charge on any atom is -0.448 e. The number of aliphatic hydroxyl groups excluding tert-OH is 1. The molecular formula is C7H12Cl3NO2. The van der Waals surface area contributed by atoms with E-state index in [1.165, 1.54) is 0 Å². The third-order valence-corrected chi connectivity index (χ3v) is 1.83. The summed E-state index contributed by atoms with van der Waals surface area (Å²) in [7, 11) is 0. The maximum Gasteiger partial charge on any atom is 0.265 e. The normalized spacial score (nSPS) is 13.9. The Morgan fingerprint density at radius 1 is 1.54 bits per heavy atom. The maximum atomic E-state index is 9.18. The third-order valence-electron chi connectivity index (χ3n) is 1.32. The van der Waals surface area contributed by atoms with Gasteiger partial charge in [0, 0.05) is 6.42 Å². The fourth-order valence-corrected chi connectivity index (χ4v) is 0.774. The number of alkyl halides is 3. The Balaban J connectivity index is 3.79. The van der Waals surface area contributed by atoms with Crippen molar-refractivity contribution in [2.24, 2.45) is 0 Å². The van der Waals surface area contributed by atoms with Crippen molar-refractivity contribution < 1.29 is 9.84 Å². The van der Waals surface area contributed by atoms with E-state index < -0.39 is 16.0 Å². The molecule has 0 spiro atoms. The van der Waals surface area contributed by atoms with Crippen LogP contribution in [-0.2, 0) is 4.74 Å². The van der Waals surface area contributed by atoms with Crippen molar-refractivity contribution in [2.75, 3.05) is 0 Å². The molecule has 0 bridgehead atoms. The molecule has 0 aromatic rings. The van der Waals surface area contributed by atoms with Crippen LogP contribution in [0.1, 0.15) is 26.2 Å². The number of rotatable bonds is 4. The fraction of sp³-hybridized carbons (Fsp3) is 0.857. The van der Waals surface area contributed by atoms with Crippen LogP contribution in [0.5, 0.6) is 0 Å². The van der Waals surface area contributed by atoms with Gasteiger partial charge in [0.15, 0.2) is 6.29 Å². The van der Waals surface area contributed by atoms with E-state index in [9.17, 15) is 5.11 Å². The monoisotopic (exact) mass is 247 g/mol. The van der Waals surface area contributed by atoms with Crippen LogP contribution in [0.15, 0.2) is 0 Å². The summed E-state index contributed by atoms with van der Waals surface area (Å²) in [6, 6.07) is 0. The number of halogens is 3. The van der Waals surface area contributed by atoms with E-state index in [4.69, 9.17) is 40.2 Å². The molecule has 13 heavy (non-hydrogen) atoms. The van der Waals surface area contributed by atoms with Crippen LogP contribution in [-0.4, -0.2) is 21.1 Å². The Kier molecular flexibility index (Phi) is 6.05. The molecule has 0 aliphatic carbocycles. The Hall–Kier alpha value is 0.300. The molecule has 0 aliphatic heterocycles. The lowest BCUT2D eigenvalue weighted by atomic mass is 10.2. The average Bonchev–Trinajstić information content (AvgIpc) is 1.99. The summed E-state index contributed by atoms with van der Waals surface area (Å²) >= 11 is 16.0. The first-order valence-corrected chi connectivity index (χ1v) is 5.01. The molecule has 6 heteroatoms. The summed E-state index contributed by atoms with van der Waals surface area (Å²) in [6.07, 6.45) is 1.10. The maximum absolute atomic E-state index is 9.18. The van der Waals surface area contributed by atoms with Crippen LogP contribution in [0.4, 0.5) is 0 Å². The van der Waals surface area contributed by atoms with Crippen molar-refractivity contribution in [1.29, 1.82) is 5.41 Å². The van der Waals surface area contributed by atoms with Crippen molar-refractivity contribution in [3.63, 3.8) is 0 Å². The van der Waals surface area contributed by atoms with Crippen LogP contribution in [0.25, 0.3) is 0 Å². The molecule has 0 aromatic heterocycles. The lowest BCUT2D eigenvalue weighted by molar-refractivity contribution is -0.0364. The molecule has 1 atom stereocenters. The predicted octanol–water partition coefficient (Wildman–Crippen LogP) is 2.86. The largest absolute Gasteiger partial charge is 0.448 e. The third kappa shape index (κ3) is 6.38. The topological polar surface area (TPSA) is 53.3 Å². The second-order valence-corrected chi connectivity index (χ2v) is 4.82. The first-order valence-electron chi connectivity index (χ1n) is 3.88. The predicted molar refractivity (Wildman–Crippen MR) is 54.6 cm³/mol. The van der Waals surface area contributed by atoms with Gasteiger partial charge in [-0.3, -0.25) is 5.41 Å². The average molecular weight is 249 g/mol. The number of hydrogen-bond donors (Lipinski definition) is 2. The first kappa shape index (κ1) is 13.3. The van der Waals surface area contributed by atoms with Crippen LogP contribution in [0.3, 0.4) is 0 Å². The molecule has 3 nitrogen and oxygen atoms in total. The van der Waals surface area contributed by atoms with Crippen LogP contribution in [0.2, 0.25) is 0 Å². The molecule has 78 valence electrons. The summed E-state index contributed by atoms with van der Waals surface area (Å²) in [5, 5.41) is 16.3. The number of ether oxygens (including phenoxy) is 1. The summed E-state index contributed by atoms with van der Waals surface area (Å²) in [4.78, 5) is 0. The van der Waals surface area contributed by atoms with Gasteiger partial charge in [-0.15, -0.1) is 0 Å². The van der Waals surface area contributed by atoms with E-state index in [-0.39, 0.29) is 0 Å². The Morgan fingerprint density at radius 3 is 2.46 bits per heavy atom. The van der Waals surface area contributed by atoms with Gasteiger partial charge in [-0.1, -0.05) is 48.1 Å². The fourth-order valence-electron chi connectivity index (χ4n) is 0.641. The summed E-state index contributed by atoms with van der Waals surface area (Å²) in [6.45, 7) is 1.98. The molecule has 2 N–H and O–H groups in total. The Bertz CT molecular complexity index is 170. The summed E-state index contributed by atoms with van der Waals surface area (Å²) < 4.78 is 2.76. The van der Waals surface area contributed by atoms with E-state index in [0.717, 1.165) is 12.8 Å². The van der Waals surface area contributed by atoms with Crippen molar-refractivity contribution in [3.05, 3.63) is 0 Å². The van der Waals surface area contributed by atoms with Crippen LogP contribution in [0, 0.1) is 5.41 Å². The number of unbranched alkanes of at least 4 members (excludes halogenated alkanes) is 1. The van der Waals surface area contributed by atoms with E-state index in [0.29, 0.717) is 6.42 Å². The Labute approximate surface area is 92.4 Å². The Morgan fingerprint density at radius 2 is 2.08 bits per heavy atom. The molecule has 0 saturated heterocycles. The molecule has 0 amide bonds. The lowest BCUT2D eigenvalue weighted by Gasteiger charge is -2.17. The minimum atomic E-state index is -1.90. The van der Waals surface area contributed by atoms with Gasteiger partial charge in [0.05, 0.1) is 0 Å². The van der Waals surface area contributed by atoms with Gasteiger partial charge in [0.25, 0.3) is 3.79 Å². The second-order valence-electron chi connectivity index (χ2n) is 2.54. The smallest absolute Gasteiger partial charge is 0.265 e. The quantitative estimate of drug-likeness (QED) is 0.348. The highest BCUT2D eigenvalue weighted by molar-refractivity contribution is 6.76. The molecular weight excluding hydrogens is 236 g/mol. The summed E-state index contributed by atoms with van der Waals surface area (Å²) in [5.41, 5.74) is 0. The van der Waals surface area contributed by atoms with Gasteiger partial charge < -0.3 is 9.84 Å².